The summed E-state index contributed by atoms with van der Waals surface area (Å²) < 4.78 is 13.0. The molecule has 0 radical (unpaired) electrons. The average Bonchev–Trinajstić information content (AvgIpc) is 2.83. The number of hydrogen-bond acceptors (Lipinski definition) is 3. The van der Waals surface area contributed by atoms with Gasteiger partial charge in [-0.25, -0.2) is 9.37 Å². The topological polar surface area (TPSA) is 74.4 Å². The Morgan fingerprint density at radius 3 is 2.38 bits per heavy atom. The number of halogens is 1. The summed E-state index contributed by atoms with van der Waals surface area (Å²) in [6, 6.07) is 5.83. The van der Waals surface area contributed by atoms with E-state index in [0.717, 1.165) is 5.69 Å². The number of benzene rings is 1. The first-order chi connectivity index (χ1) is 9.86. The van der Waals surface area contributed by atoms with Crippen LogP contribution in [0.15, 0.2) is 29.1 Å². The van der Waals surface area contributed by atoms with E-state index in [1.165, 1.54) is 12.1 Å². The second kappa shape index (κ2) is 4.51. The standard InChI is InChI=1S/C15H15FN4O/c1-15(2,3)12-10-11(19-20-12)14(21)18-13(17-10)8-4-6-9(16)7-5-8/h4-7H,1-3H3,(H,19,20)(H,17,18,21). The highest BCUT2D eigenvalue weighted by Gasteiger charge is 2.22. The van der Waals surface area contributed by atoms with Crippen molar-refractivity contribution in [2.24, 2.45) is 0 Å². The van der Waals surface area contributed by atoms with Gasteiger partial charge in [0, 0.05) is 11.0 Å². The molecule has 3 rings (SSSR count). The van der Waals surface area contributed by atoms with Gasteiger partial charge in [-0.1, -0.05) is 20.8 Å². The minimum absolute atomic E-state index is 0.213. The van der Waals surface area contributed by atoms with Crippen molar-refractivity contribution in [3.8, 4) is 11.4 Å². The Morgan fingerprint density at radius 1 is 1.10 bits per heavy atom. The Bertz CT molecular complexity index is 856. The van der Waals surface area contributed by atoms with Crippen LogP contribution >= 0.6 is 0 Å². The van der Waals surface area contributed by atoms with Crippen LogP contribution in [0, 0.1) is 5.82 Å². The Kier molecular flexibility index (Phi) is 2.90. The molecule has 2 heterocycles. The Morgan fingerprint density at radius 2 is 1.76 bits per heavy atom. The van der Waals surface area contributed by atoms with E-state index in [0.29, 0.717) is 16.9 Å². The van der Waals surface area contributed by atoms with Crippen molar-refractivity contribution >= 4 is 11.0 Å². The van der Waals surface area contributed by atoms with Crippen LogP contribution in [0.4, 0.5) is 4.39 Å². The molecule has 0 saturated heterocycles. The average molecular weight is 286 g/mol. The van der Waals surface area contributed by atoms with E-state index in [1.54, 1.807) is 12.1 Å². The monoisotopic (exact) mass is 286 g/mol. The zero-order chi connectivity index (χ0) is 15.2. The molecule has 2 aromatic heterocycles. The Balaban J connectivity index is 2.26. The zero-order valence-corrected chi connectivity index (χ0v) is 12.0. The predicted octanol–water partition coefficient (Wildman–Crippen LogP) is 2.75. The summed E-state index contributed by atoms with van der Waals surface area (Å²) in [5, 5.41) is 6.93. The smallest absolute Gasteiger partial charge is 0.279 e. The molecule has 0 bridgehead atoms. The van der Waals surface area contributed by atoms with Crippen LogP contribution in [-0.4, -0.2) is 20.2 Å². The minimum Gasteiger partial charge on any atom is -0.305 e. The molecule has 5 nitrogen and oxygen atoms in total. The van der Waals surface area contributed by atoms with Gasteiger partial charge in [-0.15, -0.1) is 0 Å². The van der Waals surface area contributed by atoms with E-state index < -0.39 is 0 Å². The van der Waals surface area contributed by atoms with Gasteiger partial charge in [0.25, 0.3) is 5.56 Å². The second-order valence-corrected chi connectivity index (χ2v) is 5.97. The van der Waals surface area contributed by atoms with Gasteiger partial charge in [-0.2, -0.15) is 5.10 Å². The van der Waals surface area contributed by atoms with Gasteiger partial charge >= 0.3 is 0 Å². The summed E-state index contributed by atoms with van der Waals surface area (Å²) in [4.78, 5) is 19.3. The van der Waals surface area contributed by atoms with Gasteiger partial charge in [0.1, 0.15) is 17.2 Å². The molecule has 0 aliphatic carbocycles. The molecule has 0 atom stereocenters. The van der Waals surface area contributed by atoms with Crippen LogP contribution in [0.1, 0.15) is 26.5 Å². The number of nitrogens with zero attached hydrogens (tertiary/aromatic N) is 2. The van der Waals surface area contributed by atoms with Crippen molar-refractivity contribution in [3.63, 3.8) is 0 Å². The van der Waals surface area contributed by atoms with Gasteiger partial charge in [0.15, 0.2) is 5.52 Å². The van der Waals surface area contributed by atoms with Crippen molar-refractivity contribution in [2.45, 2.75) is 26.2 Å². The van der Waals surface area contributed by atoms with Gasteiger partial charge in [0.2, 0.25) is 0 Å². The number of aromatic nitrogens is 4. The Hall–Kier alpha value is -2.50. The SMILES string of the molecule is CC(C)(C)c1[nH]nc2c(=O)[nH]c(-c3ccc(F)cc3)nc12. The molecule has 0 aliphatic heterocycles. The number of nitrogens with one attached hydrogen (secondary N) is 2. The number of aromatic amines is 2. The maximum Gasteiger partial charge on any atom is 0.279 e. The molecular formula is C15H15FN4O. The third-order valence-corrected chi connectivity index (χ3v) is 3.28. The molecule has 108 valence electrons. The van der Waals surface area contributed by atoms with E-state index in [-0.39, 0.29) is 22.3 Å². The summed E-state index contributed by atoms with van der Waals surface area (Å²) in [6.45, 7) is 6.04. The summed E-state index contributed by atoms with van der Waals surface area (Å²) in [6.07, 6.45) is 0. The third-order valence-electron chi connectivity index (χ3n) is 3.28. The number of fused-ring (bicyclic) bond motifs is 1. The van der Waals surface area contributed by atoms with Gasteiger partial charge in [-0.05, 0) is 24.3 Å². The van der Waals surface area contributed by atoms with Gasteiger partial charge in [0.05, 0.1) is 5.69 Å². The van der Waals surface area contributed by atoms with Crippen molar-refractivity contribution in [3.05, 3.63) is 46.1 Å². The van der Waals surface area contributed by atoms with Crippen molar-refractivity contribution in [2.75, 3.05) is 0 Å². The maximum atomic E-state index is 13.0. The molecule has 3 aromatic rings. The van der Waals surface area contributed by atoms with E-state index in [9.17, 15) is 9.18 Å². The Labute approximate surface area is 120 Å². The summed E-state index contributed by atoms with van der Waals surface area (Å²) >= 11 is 0. The predicted molar refractivity (Wildman–Crippen MR) is 78.6 cm³/mol. The number of H-pyrrole nitrogens is 2. The molecule has 6 heteroatoms. The zero-order valence-electron chi connectivity index (χ0n) is 12.0. The molecule has 0 amide bonds. The van der Waals surface area contributed by atoms with Crippen LogP contribution in [0.3, 0.4) is 0 Å². The lowest BCUT2D eigenvalue weighted by atomic mass is 9.91. The summed E-state index contributed by atoms with van der Waals surface area (Å²) in [5.41, 5.74) is 1.75. The lowest BCUT2D eigenvalue weighted by Crippen LogP contribution is -2.14. The highest BCUT2D eigenvalue weighted by molar-refractivity contribution is 5.79. The normalized spacial score (nSPS) is 12.0. The number of rotatable bonds is 1. The molecule has 0 unspecified atom stereocenters. The third kappa shape index (κ3) is 2.33. The van der Waals surface area contributed by atoms with E-state index in [4.69, 9.17) is 0 Å². The van der Waals surface area contributed by atoms with E-state index in [1.807, 2.05) is 20.8 Å². The highest BCUT2D eigenvalue weighted by Crippen LogP contribution is 2.26. The molecular weight excluding hydrogens is 271 g/mol. The minimum atomic E-state index is -0.333. The van der Waals surface area contributed by atoms with Crippen molar-refractivity contribution in [1.29, 1.82) is 0 Å². The summed E-state index contributed by atoms with van der Waals surface area (Å²) in [5.74, 6) is 0.0697. The van der Waals surface area contributed by atoms with E-state index in [2.05, 4.69) is 20.2 Å². The molecule has 0 saturated carbocycles. The molecule has 1 aromatic carbocycles. The van der Waals surface area contributed by atoms with Gasteiger partial charge in [-0.3, -0.25) is 9.89 Å². The lowest BCUT2D eigenvalue weighted by molar-refractivity contribution is 0.570. The van der Waals surface area contributed by atoms with E-state index >= 15 is 0 Å². The molecule has 0 aliphatic rings. The van der Waals surface area contributed by atoms with Crippen molar-refractivity contribution < 1.29 is 4.39 Å². The first-order valence-corrected chi connectivity index (χ1v) is 6.61. The quantitative estimate of drug-likeness (QED) is 0.722. The fourth-order valence-electron chi connectivity index (χ4n) is 2.18. The first kappa shape index (κ1) is 13.5. The maximum absolute atomic E-state index is 13.0. The largest absolute Gasteiger partial charge is 0.305 e. The fraction of sp³-hybridized carbons (Fsp3) is 0.267. The fourth-order valence-corrected chi connectivity index (χ4v) is 2.18. The van der Waals surface area contributed by atoms with Crippen LogP contribution < -0.4 is 5.56 Å². The lowest BCUT2D eigenvalue weighted by Gasteiger charge is -2.15. The van der Waals surface area contributed by atoms with Crippen LogP contribution in [0.5, 0.6) is 0 Å². The summed E-state index contributed by atoms with van der Waals surface area (Å²) in [7, 11) is 0. The first-order valence-electron chi connectivity index (χ1n) is 6.61. The van der Waals surface area contributed by atoms with Crippen LogP contribution in [0.2, 0.25) is 0 Å². The molecule has 2 N–H and O–H groups in total. The molecule has 21 heavy (non-hydrogen) atoms. The van der Waals surface area contributed by atoms with Crippen molar-refractivity contribution in [1.82, 2.24) is 20.2 Å². The van der Waals surface area contributed by atoms with Gasteiger partial charge < -0.3 is 4.98 Å². The molecule has 0 fully saturated rings. The second-order valence-electron chi connectivity index (χ2n) is 5.97. The van der Waals surface area contributed by atoms with Crippen LogP contribution in [0.25, 0.3) is 22.4 Å². The number of hydrogen-bond donors (Lipinski definition) is 2. The highest BCUT2D eigenvalue weighted by atomic mass is 19.1. The molecule has 0 spiro atoms. The van der Waals surface area contributed by atoms with Crippen LogP contribution in [-0.2, 0) is 5.41 Å².